The molecule has 2 atom stereocenters. The van der Waals surface area contributed by atoms with Gasteiger partial charge in [0.25, 0.3) is 0 Å². The summed E-state index contributed by atoms with van der Waals surface area (Å²) in [4.78, 5) is 0. The molecule has 0 unspecified atom stereocenters. The molecule has 0 amide bonds. The van der Waals surface area contributed by atoms with Gasteiger partial charge in [0.15, 0.2) is 0 Å². The van der Waals surface area contributed by atoms with E-state index in [9.17, 15) is 0 Å². The molecule has 0 aromatic heterocycles. The van der Waals surface area contributed by atoms with Gasteiger partial charge in [0.1, 0.15) is 0 Å². The van der Waals surface area contributed by atoms with Crippen LogP contribution in [0.15, 0.2) is 0 Å². The minimum Gasteiger partial charge on any atom is -0.382 e. The molecular formula is C10H21NO2. The number of hydrogen-bond acceptors (Lipinski definition) is 3. The molecule has 0 aromatic carbocycles. The monoisotopic (exact) mass is 187 g/mol. The van der Waals surface area contributed by atoms with E-state index in [2.05, 4.69) is 12.2 Å². The van der Waals surface area contributed by atoms with Crippen LogP contribution in [0.25, 0.3) is 0 Å². The van der Waals surface area contributed by atoms with Crippen LogP contribution >= 0.6 is 0 Å². The van der Waals surface area contributed by atoms with Crippen molar-refractivity contribution in [3.63, 3.8) is 0 Å². The van der Waals surface area contributed by atoms with Crippen molar-refractivity contribution in [3.8, 4) is 0 Å². The smallest absolute Gasteiger partial charge is 0.0715 e. The minimum atomic E-state index is 0.409. The second kappa shape index (κ2) is 6.35. The van der Waals surface area contributed by atoms with Gasteiger partial charge in [-0.05, 0) is 12.8 Å². The first kappa shape index (κ1) is 11.0. The fourth-order valence-corrected chi connectivity index (χ4v) is 1.78. The molecule has 1 rings (SSSR count). The summed E-state index contributed by atoms with van der Waals surface area (Å²) in [5.74, 6) is 0. The molecule has 0 radical (unpaired) electrons. The van der Waals surface area contributed by atoms with Crippen LogP contribution in [0, 0.1) is 0 Å². The van der Waals surface area contributed by atoms with E-state index in [-0.39, 0.29) is 0 Å². The average Bonchev–Trinajstić information content (AvgIpc) is 2.54. The van der Waals surface area contributed by atoms with Crippen LogP contribution in [0.1, 0.15) is 26.2 Å². The highest BCUT2D eigenvalue weighted by Gasteiger charge is 2.23. The van der Waals surface area contributed by atoms with E-state index in [1.807, 2.05) is 0 Å². The summed E-state index contributed by atoms with van der Waals surface area (Å²) in [6.07, 6.45) is 4.09. The lowest BCUT2D eigenvalue weighted by molar-refractivity contribution is 0.0260. The Balaban J connectivity index is 2.03. The molecule has 13 heavy (non-hydrogen) atoms. The lowest BCUT2D eigenvalue weighted by Crippen LogP contribution is -2.21. The topological polar surface area (TPSA) is 30.5 Å². The Morgan fingerprint density at radius 3 is 2.92 bits per heavy atom. The van der Waals surface area contributed by atoms with Gasteiger partial charge in [-0.25, -0.2) is 0 Å². The zero-order chi connectivity index (χ0) is 9.52. The van der Waals surface area contributed by atoms with Gasteiger partial charge < -0.3 is 14.8 Å². The quantitative estimate of drug-likeness (QED) is 0.633. The summed E-state index contributed by atoms with van der Waals surface area (Å²) in [5, 5.41) is 3.47. The van der Waals surface area contributed by atoms with Gasteiger partial charge in [-0.2, -0.15) is 0 Å². The Labute approximate surface area is 80.8 Å². The lowest BCUT2D eigenvalue weighted by atomic mass is 10.1. The van der Waals surface area contributed by atoms with Gasteiger partial charge in [-0.15, -0.1) is 0 Å². The molecule has 0 aromatic rings. The average molecular weight is 187 g/mol. The molecule has 0 bridgehead atoms. The summed E-state index contributed by atoms with van der Waals surface area (Å²) in [6, 6.07) is 0.678. The van der Waals surface area contributed by atoms with E-state index in [1.54, 1.807) is 7.11 Å². The van der Waals surface area contributed by atoms with Crippen molar-refractivity contribution in [2.45, 2.75) is 38.3 Å². The van der Waals surface area contributed by atoms with Crippen molar-refractivity contribution in [3.05, 3.63) is 0 Å². The molecule has 1 N–H and O–H groups in total. The van der Waals surface area contributed by atoms with E-state index in [4.69, 9.17) is 9.47 Å². The van der Waals surface area contributed by atoms with Crippen molar-refractivity contribution in [2.24, 2.45) is 0 Å². The van der Waals surface area contributed by atoms with Gasteiger partial charge in [0.2, 0.25) is 0 Å². The second-order valence-electron chi connectivity index (χ2n) is 3.62. The van der Waals surface area contributed by atoms with E-state index in [0.29, 0.717) is 18.8 Å². The fraction of sp³-hybridized carbons (Fsp3) is 1.00. The highest BCUT2D eigenvalue weighted by Crippen LogP contribution is 2.14. The predicted molar refractivity (Wildman–Crippen MR) is 52.9 cm³/mol. The van der Waals surface area contributed by atoms with Gasteiger partial charge in [-0.1, -0.05) is 13.3 Å². The first-order chi connectivity index (χ1) is 6.36. The summed E-state index contributed by atoms with van der Waals surface area (Å²) in [5.41, 5.74) is 0. The van der Waals surface area contributed by atoms with E-state index < -0.39 is 0 Å². The molecule has 0 aliphatic carbocycles. The summed E-state index contributed by atoms with van der Waals surface area (Å²) in [6.45, 7) is 4.66. The van der Waals surface area contributed by atoms with Gasteiger partial charge in [-0.3, -0.25) is 0 Å². The van der Waals surface area contributed by atoms with Crippen molar-refractivity contribution < 1.29 is 9.47 Å². The fourth-order valence-electron chi connectivity index (χ4n) is 1.78. The minimum absolute atomic E-state index is 0.409. The molecule has 0 saturated carbocycles. The summed E-state index contributed by atoms with van der Waals surface area (Å²) < 4.78 is 10.6. The van der Waals surface area contributed by atoms with E-state index in [1.165, 1.54) is 12.8 Å². The molecule has 3 nitrogen and oxygen atoms in total. The molecule has 1 heterocycles. The molecule has 0 spiro atoms. The van der Waals surface area contributed by atoms with Gasteiger partial charge in [0, 0.05) is 19.7 Å². The first-order valence-electron chi connectivity index (χ1n) is 5.20. The molecule has 1 saturated heterocycles. The number of ether oxygens (including phenoxy) is 2. The third-order valence-electron chi connectivity index (χ3n) is 2.46. The number of hydrogen-bond donors (Lipinski definition) is 1. The largest absolute Gasteiger partial charge is 0.382 e. The first-order valence-corrected chi connectivity index (χ1v) is 5.20. The Morgan fingerprint density at radius 1 is 1.38 bits per heavy atom. The van der Waals surface area contributed by atoms with Crippen LogP contribution in [0.5, 0.6) is 0 Å². The number of methoxy groups -OCH3 is 1. The molecular weight excluding hydrogens is 166 g/mol. The van der Waals surface area contributed by atoms with Crippen LogP contribution < -0.4 is 5.32 Å². The summed E-state index contributed by atoms with van der Waals surface area (Å²) >= 11 is 0. The standard InChI is InChI=1S/C10H21NO2/c1-3-4-9-7-10(8-11-9)13-6-5-12-2/h9-11H,3-8H2,1-2H3/t9-,10+/m1/s1. The highest BCUT2D eigenvalue weighted by molar-refractivity contribution is 4.81. The SMILES string of the molecule is CCC[C@@H]1C[C@H](OCCOC)CN1. The predicted octanol–water partition coefficient (Wildman–Crippen LogP) is 1.18. The zero-order valence-electron chi connectivity index (χ0n) is 8.71. The maximum Gasteiger partial charge on any atom is 0.0715 e. The van der Waals surface area contributed by atoms with Crippen LogP contribution in [0.2, 0.25) is 0 Å². The van der Waals surface area contributed by atoms with Crippen molar-refractivity contribution >= 4 is 0 Å². The van der Waals surface area contributed by atoms with Gasteiger partial charge in [0.05, 0.1) is 19.3 Å². The third kappa shape index (κ3) is 4.07. The van der Waals surface area contributed by atoms with Gasteiger partial charge >= 0.3 is 0 Å². The van der Waals surface area contributed by atoms with Crippen molar-refractivity contribution in [2.75, 3.05) is 26.9 Å². The molecule has 1 aliphatic heterocycles. The van der Waals surface area contributed by atoms with Crippen LogP contribution in [-0.4, -0.2) is 39.0 Å². The normalized spacial score (nSPS) is 28.2. The van der Waals surface area contributed by atoms with Crippen molar-refractivity contribution in [1.82, 2.24) is 5.32 Å². The van der Waals surface area contributed by atoms with E-state index in [0.717, 1.165) is 19.6 Å². The van der Waals surface area contributed by atoms with Crippen LogP contribution in [0.4, 0.5) is 0 Å². The Morgan fingerprint density at radius 2 is 2.23 bits per heavy atom. The summed E-state index contributed by atoms with van der Waals surface area (Å²) in [7, 11) is 1.70. The molecule has 78 valence electrons. The molecule has 3 heteroatoms. The number of rotatable bonds is 6. The third-order valence-corrected chi connectivity index (χ3v) is 2.46. The molecule has 1 aliphatic rings. The van der Waals surface area contributed by atoms with Crippen LogP contribution in [0.3, 0.4) is 0 Å². The van der Waals surface area contributed by atoms with E-state index >= 15 is 0 Å². The lowest BCUT2D eigenvalue weighted by Gasteiger charge is -2.10. The maximum absolute atomic E-state index is 5.63. The highest BCUT2D eigenvalue weighted by atomic mass is 16.5. The molecule has 1 fully saturated rings. The maximum atomic E-state index is 5.63. The second-order valence-corrected chi connectivity index (χ2v) is 3.62. The number of nitrogens with one attached hydrogen (secondary N) is 1. The zero-order valence-corrected chi connectivity index (χ0v) is 8.71. The Kier molecular flexibility index (Phi) is 5.35. The van der Waals surface area contributed by atoms with Crippen LogP contribution in [-0.2, 0) is 9.47 Å². The van der Waals surface area contributed by atoms with Crippen molar-refractivity contribution in [1.29, 1.82) is 0 Å². The Bertz CT molecular complexity index is 130. The Hall–Kier alpha value is -0.120.